The van der Waals surface area contributed by atoms with Crippen LogP contribution in [0.1, 0.15) is 43.2 Å². The van der Waals surface area contributed by atoms with Gasteiger partial charge in [0, 0.05) is 29.7 Å². The van der Waals surface area contributed by atoms with Crippen LogP contribution in [0.2, 0.25) is 0 Å². The molecule has 0 radical (unpaired) electrons. The molecule has 2 N–H and O–H groups in total. The van der Waals surface area contributed by atoms with Crippen LogP contribution in [-0.2, 0) is 20.8 Å². The molecule has 2 saturated heterocycles. The average molecular weight is 563 g/mol. The number of nitrogens with one attached hydrogen (secondary N) is 2. The van der Waals surface area contributed by atoms with E-state index in [-0.39, 0.29) is 24.9 Å². The number of carbonyl (C=O) groups is 1. The summed E-state index contributed by atoms with van der Waals surface area (Å²) in [6, 6.07) is 12.0. The van der Waals surface area contributed by atoms with Gasteiger partial charge in [-0.1, -0.05) is 6.07 Å². The molecule has 2 aliphatic rings. The van der Waals surface area contributed by atoms with Crippen molar-refractivity contribution >= 4 is 23.2 Å². The molecule has 2 aliphatic heterocycles. The van der Waals surface area contributed by atoms with Crippen molar-refractivity contribution in [3.05, 3.63) is 70.6 Å². The Morgan fingerprint density at radius 2 is 1.90 bits per heavy atom. The van der Waals surface area contributed by atoms with Gasteiger partial charge in [-0.05, 0) is 68.0 Å². The Balaban J connectivity index is 1.25. The SMILES string of the molecule is CC1(C(=O)N2CCCCC2)COC(c2nc(-c3ccc(F)cc3)c(-c3ccnc(NCc4cccs4)n3)[nH]2)OC1. The second-order valence-corrected chi connectivity index (χ2v) is 11.5. The third-order valence-electron chi connectivity index (χ3n) is 7.24. The van der Waals surface area contributed by atoms with Crippen molar-refractivity contribution in [2.45, 2.75) is 39.0 Å². The largest absolute Gasteiger partial charge is 0.349 e. The zero-order chi connectivity index (χ0) is 27.5. The second-order valence-electron chi connectivity index (χ2n) is 10.4. The van der Waals surface area contributed by atoms with E-state index >= 15 is 0 Å². The van der Waals surface area contributed by atoms with Crippen molar-refractivity contribution in [3.63, 3.8) is 0 Å². The summed E-state index contributed by atoms with van der Waals surface area (Å²) in [5, 5.41) is 5.28. The molecule has 11 heteroatoms. The molecule has 0 spiro atoms. The van der Waals surface area contributed by atoms with Gasteiger partial charge in [0.2, 0.25) is 18.1 Å². The van der Waals surface area contributed by atoms with Gasteiger partial charge in [-0.15, -0.1) is 11.3 Å². The van der Waals surface area contributed by atoms with E-state index in [4.69, 9.17) is 19.4 Å². The molecule has 0 aliphatic carbocycles. The highest BCUT2D eigenvalue weighted by Gasteiger charge is 2.43. The number of amides is 1. The van der Waals surface area contributed by atoms with Gasteiger partial charge in [0.25, 0.3) is 0 Å². The lowest BCUT2D eigenvalue weighted by molar-refractivity contribution is -0.234. The minimum Gasteiger partial charge on any atom is -0.349 e. The van der Waals surface area contributed by atoms with Crippen LogP contribution in [0.15, 0.2) is 54.0 Å². The van der Waals surface area contributed by atoms with Crippen LogP contribution in [0.3, 0.4) is 0 Å². The standard InChI is InChI=1S/C29H31FN6O3S/c1-29(27(37)36-13-3-2-4-14-36)17-38-26(39-18-29)25-34-23(19-7-9-20(30)10-8-19)24(35-25)22-11-12-31-28(33-22)32-16-21-6-5-15-40-21/h5-12,15,26H,2-4,13-14,16-18H2,1H3,(H,34,35)(H,31,32,33). The maximum Gasteiger partial charge on any atom is 0.233 e. The van der Waals surface area contributed by atoms with Gasteiger partial charge >= 0.3 is 0 Å². The predicted octanol–water partition coefficient (Wildman–Crippen LogP) is 5.41. The Hall–Kier alpha value is -3.67. The third kappa shape index (κ3) is 5.63. The maximum absolute atomic E-state index is 13.7. The summed E-state index contributed by atoms with van der Waals surface area (Å²) in [5.74, 6) is 0.666. The normalized spacial score (nSPS) is 21.4. The monoisotopic (exact) mass is 562 g/mol. The molecule has 0 unspecified atom stereocenters. The second kappa shape index (κ2) is 11.4. The number of hydrogen-bond acceptors (Lipinski definition) is 8. The summed E-state index contributed by atoms with van der Waals surface area (Å²) in [4.78, 5) is 33.5. The van der Waals surface area contributed by atoms with E-state index in [1.807, 2.05) is 29.3 Å². The van der Waals surface area contributed by atoms with Gasteiger partial charge in [-0.2, -0.15) is 0 Å². The number of benzene rings is 1. The molecule has 9 nitrogen and oxygen atoms in total. The first-order chi connectivity index (χ1) is 19.5. The van der Waals surface area contributed by atoms with Crippen molar-refractivity contribution in [1.29, 1.82) is 0 Å². The highest BCUT2D eigenvalue weighted by Crippen LogP contribution is 2.36. The van der Waals surface area contributed by atoms with Gasteiger partial charge in [-0.25, -0.2) is 19.3 Å². The molecule has 4 aromatic rings. The van der Waals surface area contributed by atoms with Gasteiger partial charge in [0.05, 0.1) is 42.3 Å². The molecule has 1 amide bonds. The smallest absolute Gasteiger partial charge is 0.233 e. The van der Waals surface area contributed by atoms with Crippen molar-refractivity contribution in [1.82, 2.24) is 24.8 Å². The van der Waals surface area contributed by atoms with E-state index in [2.05, 4.69) is 15.3 Å². The first kappa shape index (κ1) is 26.5. The number of aromatic amines is 1. The third-order valence-corrected chi connectivity index (χ3v) is 8.12. The number of aromatic nitrogens is 4. The fourth-order valence-corrected chi connectivity index (χ4v) is 5.68. The van der Waals surface area contributed by atoms with E-state index in [1.54, 1.807) is 35.7 Å². The van der Waals surface area contributed by atoms with Crippen molar-refractivity contribution in [2.75, 3.05) is 31.6 Å². The van der Waals surface area contributed by atoms with Gasteiger partial charge in [0.1, 0.15) is 5.82 Å². The van der Waals surface area contributed by atoms with Crippen molar-refractivity contribution in [3.8, 4) is 22.6 Å². The van der Waals surface area contributed by atoms with Crippen LogP contribution >= 0.6 is 11.3 Å². The topological polar surface area (TPSA) is 105 Å². The number of hydrogen-bond donors (Lipinski definition) is 2. The first-order valence-corrected chi connectivity index (χ1v) is 14.3. The summed E-state index contributed by atoms with van der Waals surface area (Å²) in [6.07, 6.45) is 4.11. The Kier molecular flexibility index (Phi) is 7.59. The Morgan fingerprint density at radius 3 is 2.62 bits per heavy atom. The lowest BCUT2D eigenvalue weighted by atomic mass is 9.89. The number of carbonyl (C=O) groups excluding carboxylic acids is 1. The van der Waals surface area contributed by atoms with Gasteiger partial charge in [0.15, 0.2) is 5.82 Å². The summed E-state index contributed by atoms with van der Waals surface area (Å²) >= 11 is 1.66. The average Bonchev–Trinajstić information content (AvgIpc) is 3.68. The van der Waals surface area contributed by atoms with Crippen molar-refractivity contribution < 1.29 is 18.7 Å². The predicted molar refractivity (Wildman–Crippen MR) is 150 cm³/mol. The lowest BCUT2D eigenvalue weighted by Gasteiger charge is -2.40. The number of imidazole rings is 1. The molecule has 3 aromatic heterocycles. The molecule has 0 atom stereocenters. The van der Waals surface area contributed by atoms with Crippen molar-refractivity contribution in [2.24, 2.45) is 5.41 Å². The van der Waals surface area contributed by atoms with E-state index in [0.29, 0.717) is 41.0 Å². The number of ether oxygens (including phenoxy) is 2. The first-order valence-electron chi connectivity index (χ1n) is 13.5. The van der Waals surface area contributed by atoms with E-state index in [0.717, 1.165) is 32.4 Å². The minimum absolute atomic E-state index is 0.0707. The molecular weight excluding hydrogens is 531 g/mol. The van der Waals surface area contributed by atoms with Gasteiger partial charge in [-0.3, -0.25) is 4.79 Å². The van der Waals surface area contributed by atoms with Crippen LogP contribution in [0, 0.1) is 11.2 Å². The highest BCUT2D eigenvalue weighted by molar-refractivity contribution is 7.09. The summed E-state index contributed by atoms with van der Waals surface area (Å²) in [6.45, 7) is 4.51. The molecule has 1 aromatic carbocycles. The van der Waals surface area contributed by atoms with Crippen LogP contribution in [0.4, 0.5) is 10.3 Å². The number of thiophene rings is 1. The Bertz CT molecular complexity index is 1440. The number of likely N-dealkylation sites (tertiary alicyclic amines) is 1. The lowest BCUT2D eigenvalue weighted by Crippen LogP contribution is -2.51. The summed E-state index contributed by atoms with van der Waals surface area (Å²) in [5.41, 5.74) is 1.80. The number of piperidine rings is 1. The van der Waals surface area contributed by atoms with Crippen LogP contribution in [0.25, 0.3) is 22.6 Å². The number of halogens is 1. The Labute approximate surface area is 235 Å². The maximum atomic E-state index is 13.7. The quantitative estimate of drug-likeness (QED) is 0.310. The Morgan fingerprint density at radius 1 is 1.12 bits per heavy atom. The van der Waals surface area contributed by atoms with E-state index in [1.165, 1.54) is 17.0 Å². The number of H-pyrrole nitrogens is 1. The molecule has 0 saturated carbocycles. The summed E-state index contributed by atoms with van der Waals surface area (Å²) < 4.78 is 25.9. The number of anilines is 1. The molecule has 5 heterocycles. The molecule has 208 valence electrons. The number of rotatable bonds is 7. The zero-order valence-electron chi connectivity index (χ0n) is 22.2. The molecule has 0 bridgehead atoms. The van der Waals surface area contributed by atoms with Crippen LogP contribution < -0.4 is 5.32 Å². The zero-order valence-corrected chi connectivity index (χ0v) is 23.0. The van der Waals surface area contributed by atoms with E-state index in [9.17, 15) is 9.18 Å². The van der Waals surface area contributed by atoms with E-state index < -0.39 is 11.7 Å². The number of nitrogens with zero attached hydrogens (tertiary/aromatic N) is 4. The van der Waals surface area contributed by atoms with Crippen LogP contribution in [-0.4, -0.2) is 57.0 Å². The molecular formula is C29H31FN6O3S. The minimum atomic E-state index is -0.784. The molecule has 40 heavy (non-hydrogen) atoms. The van der Waals surface area contributed by atoms with Crippen LogP contribution in [0.5, 0.6) is 0 Å². The molecule has 6 rings (SSSR count). The van der Waals surface area contributed by atoms with Gasteiger partial charge < -0.3 is 24.7 Å². The fourth-order valence-electron chi connectivity index (χ4n) is 5.04. The fraction of sp³-hybridized carbons (Fsp3) is 0.379. The highest BCUT2D eigenvalue weighted by atomic mass is 32.1. The molecule has 2 fully saturated rings. The summed E-state index contributed by atoms with van der Waals surface area (Å²) in [7, 11) is 0.